The average Bonchev–Trinajstić information content (AvgIpc) is 2.35. The fourth-order valence-corrected chi connectivity index (χ4v) is 2.93. The smallest absolute Gasteiger partial charge is 0.216 e. The second-order valence-corrected chi connectivity index (χ2v) is 6.07. The largest absolute Gasteiger partial charge is 0.399 e. The highest BCUT2D eigenvalue weighted by molar-refractivity contribution is 7.89. The molecule has 0 aliphatic heterocycles. The summed E-state index contributed by atoms with van der Waals surface area (Å²) in [7, 11) is -1.77. The van der Waals surface area contributed by atoms with Crippen molar-refractivity contribution in [3.05, 3.63) is 29.8 Å². The summed E-state index contributed by atoms with van der Waals surface area (Å²) in [6.07, 6.45) is 0. The summed E-state index contributed by atoms with van der Waals surface area (Å²) in [6, 6.07) is 7.21. The number of methoxy groups -OCH3 is 1. The summed E-state index contributed by atoms with van der Waals surface area (Å²) in [5.41, 5.74) is 7.19. The lowest BCUT2D eigenvalue weighted by molar-refractivity contribution is 0.215. The van der Waals surface area contributed by atoms with Crippen LogP contribution >= 0.6 is 0 Å². The van der Waals surface area contributed by atoms with Gasteiger partial charge in [0, 0.05) is 25.9 Å². The van der Waals surface area contributed by atoms with Gasteiger partial charge in [-0.15, -0.1) is 0 Å². The predicted molar refractivity (Wildman–Crippen MR) is 72.6 cm³/mol. The zero-order chi connectivity index (χ0) is 13.6. The minimum absolute atomic E-state index is 0.00626. The van der Waals surface area contributed by atoms with Gasteiger partial charge in [0.2, 0.25) is 10.0 Å². The highest BCUT2D eigenvalue weighted by Gasteiger charge is 2.20. The third kappa shape index (κ3) is 4.29. The van der Waals surface area contributed by atoms with Crippen molar-refractivity contribution in [3.63, 3.8) is 0 Å². The molecule has 102 valence electrons. The van der Waals surface area contributed by atoms with Crippen molar-refractivity contribution in [2.24, 2.45) is 0 Å². The van der Waals surface area contributed by atoms with Gasteiger partial charge >= 0.3 is 0 Å². The zero-order valence-electron chi connectivity index (χ0n) is 10.8. The van der Waals surface area contributed by atoms with Crippen LogP contribution in [0.3, 0.4) is 0 Å². The second-order valence-electron chi connectivity index (χ2n) is 3.98. The van der Waals surface area contributed by atoms with E-state index in [0.717, 1.165) is 5.56 Å². The monoisotopic (exact) mass is 272 g/mol. The molecule has 1 aromatic rings. The molecule has 0 saturated carbocycles. The molecule has 0 spiro atoms. The molecule has 0 aliphatic rings. The maximum absolute atomic E-state index is 12.0. The summed E-state index contributed by atoms with van der Waals surface area (Å²) < 4.78 is 30.3. The molecule has 0 aliphatic carbocycles. The van der Waals surface area contributed by atoms with Gasteiger partial charge in [0.1, 0.15) is 0 Å². The molecule has 0 unspecified atom stereocenters. The first-order chi connectivity index (χ1) is 8.49. The minimum Gasteiger partial charge on any atom is -0.399 e. The van der Waals surface area contributed by atoms with E-state index in [1.807, 2.05) is 19.1 Å². The molecule has 0 bridgehead atoms. The fourth-order valence-electron chi connectivity index (χ4n) is 1.55. The predicted octanol–water partition coefficient (Wildman–Crippen LogP) is 1.07. The van der Waals surface area contributed by atoms with E-state index in [0.29, 0.717) is 18.8 Å². The first-order valence-electron chi connectivity index (χ1n) is 5.80. The van der Waals surface area contributed by atoms with Crippen molar-refractivity contribution in [1.29, 1.82) is 0 Å². The summed E-state index contributed by atoms with van der Waals surface area (Å²) in [5, 5.41) is 0. The summed E-state index contributed by atoms with van der Waals surface area (Å²) in [5.74, 6) is 0.00626. The maximum atomic E-state index is 12.0. The van der Waals surface area contributed by atoms with Gasteiger partial charge in [-0.1, -0.05) is 19.1 Å². The van der Waals surface area contributed by atoms with Gasteiger partial charge in [-0.3, -0.25) is 0 Å². The Bertz CT molecular complexity index is 457. The molecule has 1 rings (SSSR count). The standard InChI is InChI=1S/C12H20N2O3S/c1-3-14(18(15,16)9-8-17-2)10-11-4-6-12(13)7-5-11/h4-7H,3,8-10,13H2,1-2H3. The van der Waals surface area contributed by atoms with Crippen LogP contribution in [0.25, 0.3) is 0 Å². The highest BCUT2D eigenvalue weighted by atomic mass is 32.2. The Morgan fingerprint density at radius 1 is 1.28 bits per heavy atom. The molecule has 0 aromatic heterocycles. The Morgan fingerprint density at radius 2 is 1.89 bits per heavy atom. The molecule has 0 heterocycles. The normalized spacial score (nSPS) is 11.9. The SMILES string of the molecule is CCN(Cc1ccc(N)cc1)S(=O)(=O)CCOC. The van der Waals surface area contributed by atoms with Gasteiger partial charge in [-0.05, 0) is 17.7 Å². The van der Waals surface area contributed by atoms with Crippen LogP contribution in [0.1, 0.15) is 12.5 Å². The Labute approximate surface area is 109 Å². The topological polar surface area (TPSA) is 72.6 Å². The lowest BCUT2D eigenvalue weighted by Crippen LogP contribution is -2.33. The van der Waals surface area contributed by atoms with E-state index in [9.17, 15) is 8.42 Å². The molecule has 0 fully saturated rings. The van der Waals surface area contributed by atoms with Crippen molar-refractivity contribution in [3.8, 4) is 0 Å². The molecule has 1 aromatic carbocycles. The van der Waals surface area contributed by atoms with Crippen LogP contribution in [0.15, 0.2) is 24.3 Å². The first kappa shape index (κ1) is 14.9. The van der Waals surface area contributed by atoms with E-state index in [2.05, 4.69) is 0 Å². The van der Waals surface area contributed by atoms with E-state index in [1.54, 1.807) is 12.1 Å². The molecule has 0 amide bonds. The van der Waals surface area contributed by atoms with Crippen LogP contribution < -0.4 is 5.73 Å². The molecule has 0 radical (unpaired) electrons. The van der Waals surface area contributed by atoms with E-state index in [-0.39, 0.29) is 12.4 Å². The van der Waals surface area contributed by atoms with Crippen LogP contribution in [0.2, 0.25) is 0 Å². The van der Waals surface area contributed by atoms with Gasteiger partial charge in [0.15, 0.2) is 0 Å². The van der Waals surface area contributed by atoms with Gasteiger partial charge in [-0.2, -0.15) is 4.31 Å². The lowest BCUT2D eigenvalue weighted by atomic mass is 10.2. The molecular weight excluding hydrogens is 252 g/mol. The number of sulfonamides is 1. The van der Waals surface area contributed by atoms with Crippen molar-refractivity contribution in [2.45, 2.75) is 13.5 Å². The summed E-state index contributed by atoms with van der Waals surface area (Å²) in [6.45, 7) is 2.83. The number of nitrogens with two attached hydrogens (primary N) is 1. The number of hydrogen-bond acceptors (Lipinski definition) is 4. The molecule has 5 nitrogen and oxygen atoms in total. The number of nitrogens with zero attached hydrogens (tertiary/aromatic N) is 1. The van der Waals surface area contributed by atoms with Crippen molar-refractivity contribution in [2.75, 3.05) is 31.7 Å². The van der Waals surface area contributed by atoms with E-state index in [1.165, 1.54) is 11.4 Å². The quantitative estimate of drug-likeness (QED) is 0.754. The van der Waals surface area contributed by atoms with Crippen LogP contribution in [0.4, 0.5) is 5.69 Å². The Balaban J connectivity index is 2.75. The first-order valence-corrected chi connectivity index (χ1v) is 7.41. The van der Waals surface area contributed by atoms with Gasteiger partial charge in [0.05, 0.1) is 12.4 Å². The second kappa shape index (κ2) is 6.72. The van der Waals surface area contributed by atoms with Gasteiger partial charge < -0.3 is 10.5 Å². The third-order valence-electron chi connectivity index (χ3n) is 2.63. The minimum atomic E-state index is -3.27. The van der Waals surface area contributed by atoms with E-state index in [4.69, 9.17) is 10.5 Å². The molecule has 0 saturated heterocycles. The Morgan fingerprint density at radius 3 is 2.39 bits per heavy atom. The van der Waals surface area contributed by atoms with Crippen molar-refractivity contribution in [1.82, 2.24) is 4.31 Å². The van der Waals surface area contributed by atoms with Crippen LogP contribution in [0, 0.1) is 0 Å². The molecule has 2 N–H and O–H groups in total. The number of nitrogen functional groups attached to an aromatic ring is 1. The Hall–Kier alpha value is -1.11. The number of benzene rings is 1. The van der Waals surface area contributed by atoms with Crippen LogP contribution in [-0.2, 0) is 21.3 Å². The average molecular weight is 272 g/mol. The van der Waals surface area contributed by atoms with Crippen molar-refractivity contribution < 1.29 is 13.2 Å². The third-order valence-corrected chi connectivity index (χ3v) is 4.49. The van der Waals surface area contributed by atoms with Gasteiger partial charge in [0.25, 0.3) is 0 Å². The molecule has 6 heteroatoms. The fraction of sp³-hybridized carbons (Fsp3) is 0.500. The number of ether oxygens (including phenoxy) is 1. The zero-order valence-corrected chi connectivity index (χ0v) is 11.6. The van der Waals surface area contributed by atoms with Crippen LogP contribution in [0.5, 0.6) is 0 Å². The number of hydrogen-bond donors (Lipinski definition) is 1. The van der Waals surface area contributed by atoms with E-state index < -0.39 is 10.0 Å². The Kier molecular flexibility index (Phi) is 5.58. The molecule has 18 heavy (non-hydrogen) atoms. The summed E-state index contributed by atoms with van der Waals surface area (Å²) in [4.78, 5) is 0. The van der Waals surface area contributed by atoms with Gasteiger partial charge in [-0.25, -0.2) is 8.42 Å². The molecule has 0 atom stereocenters. The van der Waals surface area contributed by atoms with E-state index >= 15 is 0 Å². The summed E-state index contributed by atoms with van der Waals surface area (Å²) >= 11 is 0. The highest BCUT2D eigenvalue weighted by Crippen LogP contribution is 2.11. The number of rotatable bonds is 7. The van der Waals surface area contributed by atoms with Crippen LogP contribution in [-0.4, -0.2) is 38.7 Å². The molecular formula is C12H20N2O3S. The number of anilines is 1. The maximum Gasteiger partial charge on any atom is 0.216 e. The lowest BCUT2D eigenvalue weighted by Gasteiger charge is -2.20. The van der Waals surface area contributed by atoms with Crippen molar-refractivity contribution >= 4 is 15.7 Å².